The van der Waals surface area contributed by atoms with E-state index in [0.717, 1.165) is 0 Å². The lowest BCUT2D eigenvalue weighted by atomic mass is 10.0. The van der Waals surface area contributed by atoms with Gasteiger partial charge in [-0.05, 0) is 24.3 Å². The minimum absolute atomic E-state index is 0.0320. The summed E-state index contributed by atoms with van der Waals surface area (Å²) in [4.78, 5) is 35.1. The van der Waals surface area contributed by atoms with Crippen molar-refractivity contribution in [3.63, 3.8) is 0 Å². The fourth-order valence-corrected chi connectivity index (χ4v) is 2.25. The van der Waals surface area contributed by atoms with Gasteiger partial charge in [-0.2, -0.15) is 24.4 Å². The summed E-state index contributed by atoms with van der Waals surface area (Å²) in [5, 5.41) is 13.9. The Kier molecular flexibility index (Phi) is 10.3. The zero-order valence-corrected chi connectivity index (χ0v) is 14.7. The van der Waals surface area contributed by atoms with Gasteiger partial charge >= 0.3 is 5.97 Å². The van der Waals surface area contributed by atoms with Gasteiger partial charge in [0.15, 0.2) is 0 Å². The summed E-state index contributed by atoms with van der Waals surface area (Å²) in [5.41, 5.74) is 5.76. The van der Waals surface area contributed by atoms with Crippen molar-refractivity contribution in [2.75, 3.05) is 17.8 Å². The van der Waals surface area contributed by atoms with Crippen LogP contribution in [-0.2, 0) is 14.4 Å². The third-order valence-electron chi connectivity index (χ3n) is 3.06. The number of carbonyl (C=O) groups is 3. The summed E-state index contributed by atoms with van der Waals surface area (Å²) in [6, 6.07) is -2.63. The van der Waals surface area contributed by atoms with E-state index in [1.807, 2.05) is 20.1 Å². The number of carboxylic acids is 1. The maximum Gasteiger partial charge on any atom is 0.327 e. The van der Waals surface area contributed by atoms with Crippen LogP contribution in [0.2, 0.25) is 0 Å². The molecule has 0 fully saturated rings. The SMILES string of the molecule is CSCCC(NC(=O)C(N)C(C)C)C(=O)NC(CS)C(=O)O. The number of nitrogens with one attached hydrogen (secondary N) is 2. The number of carbonyl (C=O) groups excluding carboxylic acids is 2. The second-order valence-electron chi connectivity index (χ2n) is 5.19. The predicted molar refractivity (Wildman–Crippen MR) is 91.2 cm³/mol. The average Bonchev–Trinajstić information content (AvgIpc) is 2.46. The van der Waals surface area contributed by atoms with Crippen molar-refractivity contribution in [3.8, 4) is 0 Å². The summed E-state index contributed by atoms with van der Waals surface area (Å²) in [6.45, 7) is 3.62. The lowest BCUT2D eigenvalue weighted by Crippen LogP contribution is -2.55. The van der Waals surface area contributed by atoms with Crippen LogP contribution in [0.25, 0.3) is 0 Å². The largest absolute Gasteiger partial charge is 0.480 e. The summed E-state index contributed by atoms with van der Waals surface area (Å²) in [7, 11) is 0. The summed E-state index contributed by atoms with van der Waals surface area (Å²) in [6.07, 6.45) is 2.27. The van der Waals surface area contributed by atoms with Crippen LogP contribution in [0.1, 0.15) is 20.3 Å². The van der Waals surface area contributed by atoms with Crippen LogP contribution >= 0.6 is 24.4 Å². The lowest BCUT2D eigenvalue weighted by molar-refractivity contribution is -0.141. The number of nitrogens with two attached hydrogens (primary N) is 1. The van der Waals surface area contributed by atoms with E-state index in [0.29, 0.717) is 12.2 Å². The summed E-state index contributed by atoms with van der Waals surface area (Å²) < 4.78 is 0. The quantitative estimate of drug-likeness (QED) is 0.345. The van der Waals surface area contributed by atoms with Crippen molar-refractivity contribution in [2.24, 2.45) is 11.7 Å². The molecule has 0 aromatic heterocycles. The Labute approximate surface area is 140 Å². The standard InChI is InChI=1S/C13H25N3O4S2/c1-7(2)10(14)12(18)15-8(4-5-22-3)11(17)16-9(6-21)13(19)20/h7-10,21H,4-6,14H2,1-3H3,(H,15,18)(H,16,17)(H,19,20). The van der Waals surface area contributed by atoms with Gasteiger partial charge in [-0.15, -0.1) is 0 Å². The second kappa shape index (κ2) is 10.7. The van der Waals surface area contributed by atoms with Crippen molar-refractivity contribution < 1.29 is 19.5 Å². The smallest absolute Gasteiger partial charge is 0.327 e. The van der Waals surface area contributed by atoms with Crippen LogP contribution < -0.4 is 16.4 Å². The maximum atomic E-state index is 12.2. The highest BCUT2D eigenvalue weighted by Gasteiger charge is 2.27. The Morgan fingerprint density at radius 2 is 1.73 bits per heavy atom. The molecule has 0 aromatic rings. The van der Waals surface area contributed by atoms with Crippen LogP contribution in [0.15, 0.2) is 0 Å². The fourth-order valence-electron chi connectivity index (χ4n) is 1.53. The number of rotatable bonds is 10. The number of hydrogen-bond acceptors (Lipinski definition) is 6. The molecule has 0 saturated heterocycles. The Morgan fingerprint density at radius 1 is 1.18 bits per heavy atom. The Bertz CT molecular complexity index is 393. The molecule has 128 valence electrons. The monoisotopic (exact) mass is 351 g/mol. The van der Waals surface area contributed by atoms with Gasteiger partial charge in [0.05, 0.1) is 6.04 Å². The van der Waals surface area contributed by atoms with Crippen LogP contribution in [0.4, 0.5) is 0 Å². The van der Waals surface area contributed by atoms with E-state index in [2.05, 4.69) is 23.3 Å². The van der Waals surface area contributed by atoms with E-state index < -0.39 is 35.9 Å². The molecule has 0 aliphatic heterocycles. The highest BCUT2D eigenvalue weighted by molar-refractivity contribution is 7.98. The molecule has 0 saturated carbocycles. The molecule has 0 heterocycles. The molecule has 3 unspecified atom stereocenters. The molecule has 0 aliphatic carbocycles. The first-order valence-electron chi connectivity index (χ1n) is 6.93. The number of thiol groups is 1. The normalized spacial score (nSPS) is 15.0. The number of amides is 2. The highest BCUT2D eigenvalue weighted by Crippen LogP contribution is 2.04. The maximum absolute atomic E-state index is 12.2. The summed E-state index contributed by atoms with van der Waals surface area (Å²) >= 11 is 5.42. The molecule has 3 atom stereocenters. The third-order valence-corrected chi connectivity index (χ3v) is 4.07. The zero-order valence-electron chi connectivity index (χ0n) is 13.0. The first-order valence-corrected chi connectivity index (χ1v) is 8.96. The molecule has 5 N–H and O–H groups in total. The van der Waals surface area contributed by atoms with Gasteiger partial charge in [-0.1, -0.05) is 13.8 Å². The molecule has 2 amide bonds. The van der Waals surface area contributed by atoms with Crippen LogP contribution in [-0.4, -0.2) is 58.8 Å². The van der Waals surface area contributed by atoms with E-state index >= 15 is 0 Å². The summed E-state index contributed by atoms with van der Waals surface area (Å²) in [5.74, 6) is -1.58. The second-order valence-corrected chi connectivity index (χ2v) is 6.55. The van der Waals surface area contributed by atoms with E-state index in [4.69, 9.17) is 10.8 Å². The van der Waals surface area contributed by atoms with Crippen LogP contribution in [0.3, 0.4) is 0 Å². The molecular weight excluding hydrogens is 326 g/mol. The van der Waals surface area contributed by atoms with Crippen molar-refractivity contribution >= 4 is 42.2 Å². The molecule has 0 aromatic carbocycles. The topological polar surface area (TPSA) is 122 Å². The first-order chi connectivity index (χ1) is 10.2. The molecule has 0 rings (SSSR count). The van der Waals surface area contributed by atoms with E-state index in [1.165, 1.54) is 11.8 Å². The Morgan fingerprint density at radius 3 is 2.14 bits per heavy atom. The molecule has 0 bridgehead atoms. The molecule has 0 spiro atoms. The van der Waals surface area contributed by atoms with Crippen LogP contribution in [0, 0.1) is 5.92 Å². The minimum Gasteiger partial charge on any atom is -0.480 e. The van der Waals surface area contributed by atoms with Gasteiger partial charge in [0.25, 0.3) is 0 Å². The molecule has 0 radical (unpaired) electrons. The number of thioether (sulfide) groups is 1. The third kappa shape index (κ3) is 7.37. The highest BCUT2D eigenvalue weighted by atomic mass is 32.2. The van der Waals surface area contributed by atoms with Crippen molar-refractivity contribution in [1.29, 1.82) is 0 Å². The minimum atomic E-state index is -1.17. The number of carboxylic acid groups (broad SMARTS) is 1. The molecule has 22 heavy (non-hydrogen) atoms. The molecule has 9 heteroatoms. The number of hydrogen-bond donors (Lipinski definition) is 5. The van der Waals surface area contributed by atoms with Gasteiger partial charge < -0.3 is 21.5 Å². The van der Waals surface area contributed by atoms with Gasteiger partial charge in [0, 0.05) is 5.75 Å². The van der Waals surface area contributed by atoms with E-state index in [1.54, 1.807) is 0 Å². The molecule has 0 aliphatic rings. The Hall–Kier alpha value is -0.930. The zero-order chi connectivity index (χ0) is 17.3. The van der Waals surface area contributed by atoms with Gasteiger partial charge in [-0.3, -0.25) is 9.59 Å². The van der Waals surface area contributed by atoms with Gasteiger partial charge in [0.2, 0.25) is 11.8 Å². The average molecular weight is 351 g/mol. The van der Waals surface area contributed by atoms with Crippen molar-refractivity contribution in [1.82, 2.24) is 10.6 Å². The first kappa shape index (κ1) is 21.1. The van der Waals surface area contributed by atoms with E-state index in [-0.39, 0.29) is 11.7 Å². The predicted octanol–water partition coefficient (Wildman–Crippen LogP) is -0.293. The van der Waals surface area contributed by atoms with Gasteiger partial charge in [0.1, 0.15) is 12.1 Å². The van der Waals surface area contributed by atoms with Crippen molar-refractivity contribution in [3.05, 3.63) is 0 Å². The van der Waals surface area contributed by atoms with Gasteiger partial charge in [-0.25, -0.2) is 4.79 Å². The Balaban J connectivity index is 4.84. The molecular formula is C13H25N3O4S2. The van der Waals surface area contributed by atoms with E-state index in [9.17, 15) is 14.4 Å². The fraction of sp³-hybridized carbons (Fsp3) is 0.769. The lowest BCUT2D eigenvalue weighted by Gasteiger charge is -2.23. The van der Waals surface area contributed by atoms with Crippen LogP contribution in [0.5, 0.6) is 0 Å². The van der Waals surface area contributed by atoms with Crippen molar-refractivity contribution in [2.45, 2.75) is 38.4 Å². The molecule has 7 nitrogen and oxygen atoms in total. The number of aliphatic carboxylic acids is 1.